The zero-order valence-corrected chi connectivity index (χ0v) is 14.7. The highest BCUT2D eigenvalue weighted by Gasteiger charge is 2.23. The van der Waals surface area contributed by atoms with Crippen molar-refractivity contribution in [3.8, 4) is 0 Å². The lowest BCUT2D eigenvalue weighted by Crippen LogP contribution is -2.36. The maximum Gasteiger partial charge on any atom is 0.222 e. The van der Waals surface area contributed by atoms with Crippen LogP contribution in [0, 0.1) is 12.8 Å². The summed E-state index contributed by atoms with van der Waals surface area (Å²) >= 11 is 0. The number of nitrogens with two attached hydrogens (primary N) is 1. The van der Waals surface area contributed by atoms with E-state index in [9.17, 15) is 0 Å². The van der Waals surface area contributed by atoms with Gasteiger partial charge in [-0.3, -0.25) is 0 Å². The van der Waals surface area contributed by atoms with Crippen LogP contribution in [-0.4, -0.2) is 47.6 Å². The van der Waals surface area contributed by atoms with Gasteiger partial charge in [-0.2, -0.15) is 4.98 Å². The second-order valence-corrected chi connectivity index (χ2v) is 7.10. The van der Waals surface area contributed by atoms with Gasteiger partial charge >= 0.3 is 0 Å². The normalized spacial score (nSPS) is 20.3. The van der Waals surface area contributed by atoms with Gasteiger partial charge in [0.25, 0.3) is 0 Å². The Morgan fingerprint density at radius 1 is 1.09 bits per heavy atom. The minimum Gasteiger partial charge on any atom is -0.368 e. The van der Waals surface area contributed by atoms with E-state index in [1.165, 1.54) is 57.3 Å². The maximum absolute atomic E-state index is 5.90. The van der Waals surface area contributed by atoms with Crippen LogP contribution in [0.4, 0.5) is 11.8 Å². The number of likely N-dealkylation sites (tertiary alicyclic amines) is 1. The van der Waals surface area contributed by atoms with Crippen LogP contribution >= 0.6 is 0 Å². The van der Waals surface area contributed by atoms with Crippen molar-refractivity contribution in [1.82, 2.24) is 14.9 Å². The van der Waals surface area contributed by atoms with Crippen LogP contribution < -0.4 is 10.6 Å². The Hall–Kier alpha value is -1.36. The van der Waals surface area contributed by atoms with E-state index in [2.05, 4.69) is 33.6 Å². The van der Waals surface area contributed by atoms with Crippen molar-refractivity contribution in [3.63, 3.8) is 0 Å². The summed E-state index contributed by atoms with van der Waals surface area (Å²) in [5.41, 5.74) is 8.19. The standard InChI is InChI=1S/C18H31N5/c1-3-16-14(2)17(21-18(19)20-16)23-12-7-15(8-13-23)6-11-22-9-4-5-10-22/h15H,3-13H2,1-2H3,(H2,19,20,21). The minimum atomic E-state index is 0.415. The fourth-order valence-electron chi connectivity index (χ4n) is 4.03. The van der Waals surface area contributed by atoms with E-state index >= 15 is 0 Å². The van der Waals surface area contributed by atoms with Gasteiger partial charge in [0.2, 0.25) is 5.95 Å². The molecule has 0 aliphatic carbocycles. The van der Waals surface area contributed by atoms with Gasteiger partial charge in [0.05, 0.1) is 5.69 Å². The SMILES string of the molecule is CCc1nc(N)nc(N2CCC(CCN3CCCC3)CC2)c1C. The second kappa shape index (κ2) is 7.47. The quantitative estimate of drug-likeness (QED) is 0.904. The fraction of sp³-hybridized carbons (Fsp3) is 0.778. The average Bonchev–Trinajstić information content (AvgIpc) is 3.09. The number of hydrogen-bond donors (Lipinski definition) is 1. The summed E-state index contributed by atoms with van der Waals surface area (Å²) in [5.74, 6) is 2.35. The largest absolute Gasteiger partial charge is 0.368 e. The molecule has 5 heteroatoms. The fourth-order valence-corrected chi connectivity index (χ4v) is 4.03. The highest BCUT2D eigenvalue weighted by atomic mass is 15.2. The monoisotopic (exact) mass is 317 g/mol. The van der Waals surface area contributed by atoms with Gasteiger partial charge in [0.1, 0.15) is 5.82 Å². The Labute approximate surface area is 140 Å². The molecule has 128 valence electrons. The molecule has 0 amide bonds. The Bertz CT molecular complexity index is 516. The topological polar surface area (TPSA) is 58.3 Å². The van der Waals surface area contributed by atoms with Crippen LogP contribution in [0.3, 0.4) is 0 Å². The molecule has 0 radical (unpaired) electrons. The van der Waals surface area contributed by atoms with Crippen LogP contribution in [0.15, 0.2) is 0 Å². The summed E-state index contributed by atoms with van der Waals surface area (Å²) in [7, 11) is 0. The molecule has 3 heterocycles. The highest BCUT2D eigenvalue weighted by Crippen LogP contribution is 2.28. The van der Waals surface area contributed by atoms with E-state index in [1.54, 1.807) is 0 Å². The molecule has 1 aromatic rings. The lowest BCUT2D eigenvalue weighted by molar-refractivity contribution is 0.280. The van der Waals surface area contributed by atoms with Crippen molar-refractivity contribution >= 4 is 11.8 Å². The van der Waals surface area contributed by atoms with Crippen molar-refractivity contribution < 1.29 is 0 Å². The van der Waals surface area contributed by atoms with Crippen LogP contribution in [0.25, 0.3) is 0 Å². The molecule has 3 rings (SSSR count). The molecule has 0 unspecified atom stereocenters. The van der Waals surface area contributed by atoms with Gasteiger partial charge in [-0.1, -0.05) is 6.92 Å². The Morgan fingerprint density at radius 3 is 2.43 bits per heavy atom. The van der Waals surface area contributed by atoms with Crippen LogP contribution in [0.2, 0.25) is 0 Å². The van der Waals surface area contributed by atoms with E-state index in [1.807, 2.05) is 0 Å². The first-order chi connectivity index (χ1) is 11.2. The van der Waals surface area contributed by atoms with Crippen LogP contribution in [-0.2, 0) is 6.42 Å². The molecule has 0 atom stereocenters. The Kier molecular flexibility index (Phi) is 5.36. The number of nitrogen functional groups attached to an aromatic ring is 1. The number of rotatable bonds is 5. The first-order valence-corrected chi connectivity index (χ1v) is 9.27. The Morgan fingerprint density at radius 2 is 1.78 bits per heavy atom. The van der Waals surface area contributed by atoms with Gasteiger partial charge in [-0.25, -0.2) is 4.98 Å². The van der Waals surface area contributed by atoms with Crippen molar-refractivity contribution in [1.29, 1.82) is 0 Å². The number of aromatic nitrogens is 2. The van der Waals surface area contributed by atoms with E-state index < -0.39 is 0 Å². The zero-order chi connectivity index (χ0) is 16.2. The van der Waals surface area contributed by atoms with Gasteiger partial charge in [0, 0.05) is 18.7 Å². The molecule has 0 saturated carbocycles. The molecule has 1 aromatic heterocycles. The molecule has 2 N–H and O–H groups in total. The first-order valence-electron chi connectivity index (χ1n) is 9.27. The number of hydrogen-bond acceptors (Lipinski definition) is 5. The van der Waals surface area contributed by atoms with Crippen molar-refractivity contribution in [2.75, 3.05) is 43.4 Å². The Balaban J connectivity index is 1.55. The highest BCUT2D eigenvalue weighted by molar-refractivity contribution is 5.51. The first kappa shape index (κ1) is 16.5. The molecule has 2 fully saturated rings. The molecular formula is C18H31N5. The van der Waals surface area contributed by atoms with Crippen molar-refractivity contribution in [3.05, 3.63) is 11.3 Å². The molecule has 5 nitrogen and oxygen atoms in total. The number of nitrogens with zero attached hydrogens (tertiary/aromatic N) is 4. The van der Waals surface area contributed by atoms with Gasteiger partial charge in [-0.05, 0) is 71.0 Å². The number of aryl methyl sites for hydroxylation is 1. The lowest BCUT2D eigenvalue weighted by Gasteiger charge is -2.34. The second-order valence-electron chi connectivity index (χ2n) is 7.10. The molecule has 0 spiro atoms. The average molecular weight is 317 g/mol. The minimum absolute atomic E-state index is 0.415. The van der Waals surface area contributed by atoms with Crippen molar-refractivity contribution in [2.45, 2.75) is 52.4 Å². The smallest absolute Gasteiger partial charge is 0.222 e. The molecular weight excluding hydrogens is 286 g/mol. The molecule has 2 aliphatic heterocycles. The molecule has 0 aromatic carbocycles. The molecule has 23 heavy (non-hydrogen) atoms. The summed E-state index contributed by atoms with van der Waals surface area (Å²) < 4.78 is 0. The summed E-state index contributed by atoms with van der Waals surface area (Å²) in [4.78, 5) is 13.9. The van der Waals surface area contributed by atoms with Crippen molar-refractivity contribution in [2.24, 2.45) is 5.92 Å². The summed E-state index contributed by atoms with van der Waals surface area (Å²) in [6.07, 6.45) is 7.62. The molecule has 2 aliphatic rings. The zero-order valence-electron chi connectivity index (χ0n) is 14.7. The summed E-state index contributed by atoms with van der Waals surface area (Å²) in [6, 6.07) is 0. The van der Waals surface area contributed by atoms with E-state index in [0.29, 0.717) is 5.95 Å². The summed E-state index contributed by atoms with van der Waals surface area (Å²) in [6.45, 7) is 10.4. The van der Waals surface area contributed by atoms with E-state index in [-0.39, 0.29) is 0 Å². The molecule has 2 saturated heterocycles. The van der Waals surface area contributed by atoms with Gasteiger partial charge < -0.3 is 15.5 Å². The number of piperidine rings is 1. The predicted octanol–water partition coefficient (Wildman–Crippen LogP) is 2.63. The van der Waals surface area contributed by atoms with E-state index in [0.717, 1.165) is 36.9 Å². The predicted molar refractivity (Wildman–Crippen MR) is 95.8 cm³/mol. The maximum atomic E-state index is 5.90. The third-order valence-electron chi connectivity index (χ3n) is 5.54. The third-order valence-corrected chi connectivity index (χ3v) is 5.54. The van der Waals surface area contributed by atoms with Crippen LogP contribution in [0.1, 0.15) is 50.3 Å². The molecule has 0 bridgehead atoms. The van der Waals surface area contributed by atoms with E-state index in [4.69, 9.17) is 5.73 Å². The summed E-state index contributed by atoms with van der Waals surface area (Å²) in [5, 5.41) is 0. The third kappa shape index (κ3) is 3.94. The lowest BCUT2D eigenvalue weighted by atomic mass is 9.93. The van der Waals surface area contributed by atoms with Crippen LogP contribution in [0.5, 0.6) is 0 Å². The van der Waals surface area contributed by atoms with Gasteiger partial charge in [-0.15, -0.1) is 0 Å². The van der Waals surface area contributed by atoms with Gasteiger partial charge in [0.15, 0.2) is 0 Å². The number of anilines is 2.